The lowest BCUT2D eigenvalue weighted by atomic mass is 10.1. The highest BCUT2D eigenvalue weighted by atomic mass is 32.1. The number of rotatable bonds is 6. The maximum absolute atomic E-state index is 10.7. The molecule has 0 aliphatic heterocycles. The highest BCUT2D eigenvalue weighted by Gasteiger charge is 2.09. The van der Waals surface area contributed by atoms with Crippen molar-refractivity contribution in [3.8, 4) is 22.6 Å². The minimum absolute atomic E-state index is 0.130. The van der Waals surface area contributed by atoms with Crippen LogP contribution in [0.2, 0.25) is 0 Å². The van der Waals surface area contributed by atoms with E-state index < -0.39 is 11.9 Å². The molecule has 0 saturated carbocycles. The van der Waals surface area contributed by atoms with Gasteiger partial charge in [0.25, 0.3) is 0 Å². The number of carboxylic acid groups (broad SMARTS) is 2. The minimum atomic E-state index is -1.16. The first-order valence-corrected chi connectivity index (χ1v) is 11.3. The summed E-state index contributed by atoms with van der Waals surface area (Å²) in [5.74, 6) is -1.54. The van der Waals surface area contributed by atoms with Gasteiger partial charge in [0, 0.05) is 12.3 Å². The number of aromatic hydroxyl groups is 1. The van der Waals surface area contributed by atoms with Gasteiger partial charge in [0.15, 0.2) is 0 Å². The van der Waals surface area contributed by atoms with E-state index in [9.17, 15) is 14.7 Å². The maximum Gasteiger partial charge on any atom is 0.345 e. The van der Waals surface area contributed by atoms with Crippen molar-refractivity contribution in [1.29, 1.82) is 0 Å². The molecule has 4 aromatic rings. The van der Waals surface area contributed by atoms with E-state index in [0.29, 0.717) is 10.6 Å². The van der Waals surface area contributed by atoms with E-state index in [1.54, 1.807) is 25.5 Å². The number of thiophene rings is 1. The molecule has 0 fully saturated rings. The molecule has 4 rings (SSSR count). The summed E-state index contributed by atoms with van der Waals surface area (Å²) in [5, 5.41) is 29.0. The van der Waals surface area contributed by atoms with Gasteiger partial charge in [-0.1, -0.05) is 42.0 Å². The number of ether oxygens (including phenoxy) is 1. The summed E-state index contributed by atoms with van der Waals surface area (Å²) in [6.07, 6.45) is 1.66. The summed E-state index contributed by atoms with van der Waals surface area (Å²) in [4.78, 5) is 26.0. The number of nitrogens with zero attached hydrogens (tertiary/aromatic N) is 1. The molecule has 8 heteroatoms. The van der Waals surface area contributed by atoms with Crippen molar-refractivity contribution < 1.29 is 29.6 Å². The molecule has 3 N–H and O–H groups in total. The molecule has 0 aliphatic carbocycles. The summed E-state index contributed by atoms with van der Waals surface area (Å²) in [6, 6.07) is 21.2. The smallest absolute Gasteiger partial charge is 0.345 e. The molecule has 1 aromatic heterocycles. The van der Waals surface area contributed by atoms with Crippen LogP contribution in [0.25, 0.3) is 11.1 Å². The Morgan fingerprint density at radius 2 is 1.57 bits per heavy atom. The van der Waals surface area contributed by atoms with Crippen LogP contribution in [0.15, 0.2) is 83.2 Å². The number of phenols is 1. The third-order valence-corrected chi connectivity index (χ3v) is 5.80. The first kappa shape index (κ1) is 25.2. The second-order valence-corrected chi connectivity index (χ2v) is 8.32. The van der Waals surface area contributed by atoms with Crippen LogP contribution in [0.1, 0.15) is 31.2 Å². The lowest BCUT2D eigenvalue weighted by Gasteiger charge is -2.00. The van der Waals surface area contributed by atoms with Gasteiger partial charge >= 0.3 is 11.9 Å². The zero-order chi connectivity index (χ0) is 25.4. The Kier molecular flexibility index (Phi) is 8.37. The number of aliphatic imine (C=N–C) groups is 1. The van der Waals surface area contributed by atoms with Crippen molar-refractivity contribution in [2.24, 2.45) is 4.99 Å². The van der Waals surface area contributed by atoms with Crippen molar-refractivity contribution in [2.75, 3.05) is 7.11 Å². The van der Waals surface area contributed by atoms with Crippen molar-refractivity contribution in [3.05, 3.63) is 99.7 Å². The monoisotopic (exact) mass is 489 g/mol. The van der Waals surface area contributed by atoms with E-state index in [2.05, 4.69) is 4.99 Å². The molecule has 0 unspecified atom stereocenters. The SMILES string of the molecule is COc1ccc(-c2csc(C(=O)O)c2)cc1.Cc1ccc(C=Nc2ccc(C(=O)O)c(O)c2)cc1. The largest absolute Gasteiger partial charge is 0.507 e. The molecule has 0 spiro atoms. The normalized spacial score (nSPS) is 10.5. The quantitative estimate of drug-likeness (QED) is 0.275. The van der Waals surface area contributed by atoms with Crippen LogP contribution in [0, 0.1) is 6.92 Å². The van der Waals surface area contributed by atoms with Crippen molar-refractivity contribution in [2.45, 2.75) is 6.92 Å². The standard InChI is InChI=1S/C15H13NO3.C12H10O3S/c1-10-2-4-11(5-3-10)9-16-12-6-7-13(15(18)19)14(17)8-12;1-15-10-4-2-8(3-5-10)9-6-11(12(13)14)16-7-9/h2-9,17H,1H3,(H,18,19);2-7H,1H3,(H,13,14). The number of benzene rings is 3. The van der Waals surface area contributed by atoms with Crippen LogP contribution in [0.4, 0.5) is 5.69 Å². The Balaban J connectivity index is 0.000000198. The van der Waals surface area contributed by atoms with Gasteiger partial charge in [-0.3, -0.25) is 4.99 Å². The molecule has 3 aromatic carbocycles. The van der Waals surface area contributed by atoms with Crippen LogP contribution < -0.4 is 4.74 Å². The third kappa shape index (κ3) is 7.02. The Bertz CT molecular complexity index is 1340. The minimum Gasteiger partial charge on any atom is -0.507 e. The fraction of sp³-hybridized carbons (Fsp3) is 0.0741. The van der Waals surface area contributed by atoms with Crippen molar-refractivity contribution >= 4 is 35.2 Å². The summed E-state index contributed by atoms with van der Waals surface area (Å²) < 4.78 is 5.06. The van der Waals surface area contributed by atoms with Gasteiger partial charge in [-0.05, 0) is 59.3 Å². The van der Waals surface area contributed by atoms with E-state index in [4.69, 9.17) is 14.9 Å². The summed E-state index contributed by atoms with van der Waals surface area (Å²) in [5.41, 5.74) is 4.39. The van der Waals surface area contributed by atoms with E-state index in [1.807, 2.05) is 60.8 Å². The Morgan fingerprint density at radius 3 is 2.11 bits per heavy atom. The van der Waals surface area contributed by atoms with Crippen LogP contribution in [-0.2, 0) is 0 Å². The van der Waals surface area contributed by atoms with Crippen LogP contribution in [-0.4, -0.2) is 40.6 Å². The van der Waals surface area contributed by atoms with Gasteiger partial charge in [0.1, 0.15) is 21.9 Å². The van der Waals surface area contributed by atoms with E-state index in [1.165, 1.54) is 29.0 Å². The average molecular weight is 490 g/mol. The van der Waals surface area contributed by atoms with Gasteiger partial charge in [0.05, 0.1) is 12.8 Å². The average Bonchev–Trinajstić information content (AvgIpc) is 3.35. The zero-order valence-corrected chi connectivity index (χ0v) is 19.8. The molecule has 35 heavy (non-hydrogen) atoms. The second kappa shape index (κ2) is 11.6. The third-order valence-electron chi connectivity index (χ3n) is 4.89. The fourth-order valence-corrected chi connectivity index (χ4v) is 3.72. The lowest BCUT2D eigenvalue weighted by Crippen LogP contribution is -1.95. The Morgan fingerprint density at radius 1 is 0.886 bits per heavy atom. The first-order chi connectivity index (χ1) is 16.8. The van der Waals surface area contributed by atoms with Crippen LogP contribution in [0.5, 0.6) is 11.5 Å². The Labute approximate surface area is 206 Å². The summed E-state index contributed by atoms with van der Waals surface area (Å²) >= 11 is 1.23. The first-order valence-electron chi connectivity index (χ1n) is 10.4. The maximum atomic E-state index is 10.7. The van der Waals surface area contributed by atoms with Crippen molar-refractivity contribution in [3.63, 3.8) is 0 Å². The molecule has 7 nitrogen and oxygen atoms in total. The van der Waals surface area contributed by atoms with Crippen molar-refractivity contribution in [1.82, 2.24) is 0 Å². The number of carboxylic acids is 2. The highest BCUT2D eigenvalue weighted by molar-refractivity contribution is 7.12. The predicted molar refractivity (Wildman–Crippen MR) is 137 cm³/mol. The van der Waals surface area contributed by atoms with Gasteiger partial charge in [-0.2, -0.15) is 0 Å². The van der Waals surface area contributed by atoms with Gasteiger partial charge < -0.3 is 20.1 Å². The predicted octanol–water partition coefficient (Wildman–Crippen LogP) is 6.27. The summed E-state index contributed by atoms with van der Waals surface area (Å²) in [7, 11) is 1.61. The Hall–Kier alpha value is -4.43. The molecule has 0 atom stereocenters. The second-order valence-electron chi connectivity index (χ2n) is 7.41. The topological polar surface area (TPSA) is 116 Å². The number of aromatic carboxylic acids is 2. The van der Waals surface area contributed by atoms with Gasteiger partial charge in [-0.25, -0.2) is 9.59 Å². The molecular weight excluding hydrogens is 466 g/mol. The number of hydrogen-bond acceptors (Lipinski definition) is 6. The number of aryl methyl sites for hydroxylation is 1. The van der Waals surface area contributed by atoms with E-state index >= 15 is 0 Å². The number of carbonyl (C=O) groups is 2. The molecule has 0 aliphatic rings. The fourth-order valence-electron chi connectivity index (χ4n) is 2.97. The molecule has 1 heterocycles. The van der Waals surface area contributed by atoms with Gasteiger partial charge in [0.2, 0.25) is 0 Å². The van der Waals surface area contributed by atoms with Crippen LogP contribution in [0.3, 0.4) is 0 Å². The van der Waals surface area contributed by atoms with E-state index in [0.717, 1.165) is 22.4 Å². The zero-order valence-electron chi connectivity index (χ0n) is 19.0. The molecule has 0 bridgehead atoms. The van der Waals surface area contributed by atoms with E-state index in [-0.39, 0.29) is 11.3 Å². The lowest BCUT2D eigenvalue weighted by molar-refractivity contribution is 0.0686. The van der Waals surface area contributed by atoms with Crippen LogP contribution >= 0.6 is 11.3 Å². The molecule has 0 radical (unpaired) electrons. The molecule has 178 valence electrons. The molecule has 0 amide bonds. The summed E-state index contributed by atoms with van der Waals surface area (Å²) in [6.45, 7) is 2.00. The number of methoxy groups -OCH3 is 1. The highest BCUT2D eigenvalue weighted by Crippen LogP contribution is 2.27. The number of hydrogen-bond donors (Lipinski definition) is 3. The van der Waals surface area contributed by atoms with Gasteiger partial charge in [-0.15, -0.1) is 11.3 Å². The molecular formula is C27H23NO6S. The molecule has 0 saturated heterocycles.